The van der Waals surface area contributed by atoms with Crippen LogP contribution in [0, 0.1) is 0 Å². The maximum atomic E-state index is 12.6. The molecule has 1 fully saturated rings. The molecule has 2 rings (SSSR count). The lowest BCUT2D eigenvalue weighted by molar-refractivity contribution is -0.116. The van der Waals surface area contributed by atoms with E-state index in [1.807, 2.05) is 0 Å². The molecule has 1 amide bonds. The van der Waals surface area contributed by atoms with Crippen molar-refractivity contribution in [3.05, 3.63) is 29.8 Å². The highest BCUT2D eigenvalue weighted by Crippen LogP contribution is 2.28. The van der Waals surface area contributed by atoms with Crippen molar-refractivity contribution < 1.29 is 31.8 Å². The number of carbonyl (C=O) groups is 1. The number of ether oxygens (including phenoxy) is 2. The highest BCUT2D eigenvalue weighted by atomic mass is 19.3. The van der Waals surface area contributed by atoms with Crippen LogP contribution in [-0.2, 0) is 4.79 Å². The van der Waals surface area contributed by atoms with Crippen molar-refractivity contribution in [3.63, 3.8) is 0 Å². The van der Waals surface area contributed by atoms with Crippen molar-refractivity contribution in [1.29, 1.82) is 0 Å². The molecule has 0 aliphatic carbocycles. The molecule has 0 spiro atoms. The number of benzene rings is 1. The Morgan fingerprint density at radius 1 is 1.14 bits per heavy atom. The van der Waals surface area contributed by atoms with Crippen molar-refractivity contribution in [2.45, 2.75) is 19.6 Å². The second kappa shape index (κ2) is 11.6. The minimum absolute atomic E-state index is 0.138. The van der Waals surface area contributed by atoms with Crippen molar-refractivity contribution >= 4 is 12.0 Å². The van der Waals surface area contributed by atoms with Crippen LogP contribution >= 0.6 is 0 Å². The summed E-state index contributed by atoms with van der Waals surface area (Å²) < 4.78 is 58.1. The zero-order valence-corrected chi connectivity index (χ0v) is 16.1. The zero-order valence-electron chi connectivity index (χ0n) is 16.1. The Morgan fingerprint density at radius 2 is 1.83 bits per heavy atom. The number of amides is 1. The molecule has 1 heterocycles. The summed E-state index contributed by atoms with van der Waals surface area (Å²) in [6.07, 6.45) is 3.25. The monoisotopic (exact) mass is 419 g/mol. The van der Waals surface area contributed by atoms with Crippen LogP contribution in [0.1, 0.15) is 12.0 Å². The highest BCUT2D eigenvalue weighted by molar-refractivity contribution is 5.92. The predicted molar refractivity (Wildman–Crippen MR) is 100 cm³/mol. The number of carbonyl (C=O) groups excluding carboxylic acids is 1. The molecule has 6 nitrogen and oxygen atoms in total. The summed E-state index contributed by atoms with van der Waals surface area (Å²) in [5.41, 5.74) is 0.138. The second-order valence-corrected chi connectivity index (χ2v) is 6.58. The van der Waals surface area contributed by atoms with E-state index in [0.717, 1.165) is 45.2 Å². The Hall–Kier alpha value is -2.33. The van der Waals surface area contributed by atoms with E-state index in [0.29, 0.717) is 6.54 Å². The van der Waals surface area contributed by atoms with Crippen LogP contribution in [0.2, 0.25) is 0 Å². The van der Waals surface area contributed by atoms with Crippen LogP contribution < -0.4 is 14.8 Å². The van der Waals surface area contributed by atoms with Crippen molar-refractivity contribution in [3.8, 4) is 11.5 Å². The first-order valence-corrected chi connectivity index (χ1v) is 9.24. The Labute approximate surface area is 167 Å². The zero-order chi connectivity index (χ0) is 21.2. The molecule has 0 aromatic heterocycles. The first-order chi connectivity index (χ1) is 13.8. The van der Waals surface area contributed by atoms with Crippen LogP contribution in [0.25, 0.3) is 6.08 Å². The van der Waals surface area contributed by atoms with E-state index in [2.05, 4.69) is 31.6 Å². The van der Waals surface area contributed by atoms with Crippen LogP contribution in [0.4, 0.5) is 17.6 Å². The lowest BCUT2D eigenvalue weighted by Crippen LogP contribution is -2.45. The van der Waals surface area contributed by atoms with Gasteiger partial charge in [0.05, 0.1) is 0 Å². The molecule has 1 aliphatic rings. The number of hydrogen-bond acceptors (Lipinski definition) is 5. The van der Waals surface area contributed by atoms with Gasteiger partial charge in [0.1, 0.15) is 11.5 Å². The van der Waals surface area contributed by atoms with Crippen LogP contribution in [0.15, 0.2) is 24.3 Å². The molecular weight excluding hydrogens is 394 g/mol. The molecule has 1 aromatic carbocycles. The molecule has 0 bridgehead atoms. The van der Waals surface area contributed by atoms with Gasteiger partial charge in [0.25, 0.3) is 0 Å². The number of alkyl halides is 4. The van der Waals surface area contributed by atoms with Gasteiger partial charge in [-0.15, -0.1) is 0 Å². The molecule has 1 saturated heterocycles. The van der Waals surface area contributed by atoms with Gasteiger partial charge in [0, 0.05) is 50.4 Å². The van der Waals surface area contributed by atoms with E-state index in [1.165, 1.54) is 24.3 Å². The Balaban J connectivity index is 1.83. The van der Waals surface area contributed by atoms with E-state index in [1.54, 1.807) is 0 Å². The standard InChI is InChI=1S/C19H25F4N3O3/c1-25-9-11-26(12-10-25)8-2-7-24-17(27)6-4-14-3-5-15(28-18(20)21)13-16(14)29-19(22)23/h3-6,13,18-19H,2,7-12H2,1H3,(H,24,27)/b6-4+. The van der Waals surface area contributed by atoms with E-state index in [9.17, 15) is 22.4 Å². The molecule has 0 radical (unpaired) electrons. The minimum atomic E-state index is -3.15. The largest absolute Gasteiger partial charge is 0.435 e. The third-order valence-electron chi connectivity index (χ3n) is 4.39. The van der Waals surface area contributed by atoms with Gasteiger partial charge in [-0.3, -0.25) is 4.79 Å². The molecule has 0 atom stereocenters. The maximum absolute atomic E-state index is 12.6. The third-order valence-corrected chi connectivity index (χ3v) is 4.39. The van der Waals surface area contributed by atoms with Gasteiger partial charge in [0.2, 0.25) is 5.91 Å². The van der Waals surface area contributed by atoms with Gasteiger partial charge in [-0.25, -0.2) is 0 Å². The summed E-state index contributed by atoms with van der Waals surface area (Å²) in [5, 5.41) is 2.72. The normalized spacial score (nSPS) is 16.0. The lowest BCUT2D eigenvalue weighted by atomic mass is 10.1. The first-order valence-electron chi connectivity index (χ1n) is 9.24. The number of halogens is 4. The van der Waals surface area contributed by atoms with Crippen LogP contribution in [0.5, 0.6) is 11.5 Å². The SMILES string of the molecule is CN1CCN(CCCNC(=O)/C=C/c2ccc(OC(F)F)cc2OC(F)F)CC1. The quantitative estimate of drug-likeness (QED) is 0.359. The van der Waals surface area contributed by atoms with Crippen LogP contribution in [-0.4, -0.2) is 75.2 Å². The molecule has 1 N–H and O–H groups in total. The summed E-state index contributed by atoms with van der Waals surface area (Å²) in [5.74, 6) is -1.07. The number of rotatable bonds is 10. The maximum Gasteiger partial charge on any atom is 0.387 e. The van der Waals surface area contributed by atoms with Gasteiger partial charge >= 0.3 is 13.2 Å². The number of nitrogens with zero attached hydrogens (tertiary/aromatic N) is 2. The van der Waals surface area contributed by atoms with Gasteiger partial charge < -0.3 is 24.6 Å². The molecule has 10 heteroatoms. The van der Waals surface area contributed by atoms with E-state index in [4.69, 9.17) is 0 Å². The molecular formula is C19H25F4N3O3. The predicted octanol–water partition coefficient (Wildman–Crippen LogP) is 2.66. The van der Waals surface area contributed by atoms with Gasteiger partial charge in [0.15, 0.2) is 0 Å². The third kappa shape index (κ3) is 8.70. The first kappa shape index (κ1) is 23.0. The number of nitrogens with one attached hydrogen (secondary N) is 1. The summed E-state index contributed by atoms with van der Waals surface area (Å²) in [6, 6.07) is 3.36. The smallest absolute Gasteiger partial charge is 0.387 e. The highest BCUT2D eigenvalue weighted by Gasteiger charge is 2.14. The molecule has 162 valence electrons. The Kier molecular flexibility index (Phi) is 9.20. The molecule has 29 heavy (non-hydrogen) atoms. The molecule has 1 aliphatic heterocycles. The topological polar surface area (TPSA) is 54.0 Å². The Bertz CT molecular complexity index is 681. The van der Waals surface area contributed by atoms with Crippen molar-refractivity contribution in [2.24, 2.45) is 0 Å². The summed E-state index contributed by atoms with van der Waals surface area (Å²) in [7, 11) is 2.08. The fourth-order valence-electron chi connectivity index (χ4n) is 2.84. The average molecular weight is 419 g/mol. The summed E-state index contributed by atoms with van der Waals surface area (Å²) in [6.45, 7) is -0.809. The second-order valence-electron chi connectivity index (χ2n) is 6.58. The van der Waals surface area contributed by atoms with Gasteiger partial charge in [-0.1, -0.05) is 0 Å². The Morgan fingerprint density at radius 3 is 2.48 bits per heavy atom. The number of hydrogen-bond donors (Lipinski definition) is 1. The molecule has 0 saturated carbocycles. The number of likely N-dealkylation sites (N-methyl/N-ethyl adjacent to an activating group) is 1. The summed E-state index contributed by atoms with van der Waals surface area (Å²) in [4.78, 5) is 16.5. The minimum Gasteiger partial charge on any atom is -0.435 e. The number of piperazine rings is 1. The average Bonchev–Trinajstić information content (AvgIpc) is 2.65. The van der Waals surface area contributed by atoms with Crippen molar-refractivity contribution in [2.75, 3.05) is 46.3 Å². The fourth-order valence-corrected chi connectivity index (χ4v) is 2.84. The van der Waals surface area contributed by atoms with E-state index >= 15 is 0 Å². The van der Waals surface area contributed by atoms with Gasteiger partial charge in [-0.05, 0) is 38.2 Å². The molecule has 0 unspecified atom stereocenters. The molecule has 1 aromatic rings. The lowest BCUT2D eigenvalue weighted by Gasteiger charge is -2.32. The fraction of sp³-hybridized carbons (Fsp3) is 0.526. The van der Waals surface area contributed by atoms with E-state index < -0.39 is 13.2 Å². The van der Waals surface area contributed by atoms with Crippen molar-refractivity contribution in [1.82, 2.24) is 15.1 Å². The van der Waals surface area contributed by atoms with E-state index in [-0.39, 0.29) is 23.0 Å². The van der Waals surface area contributed by atoms with Gasteiger partial charge in [-0.2, -0.15) is 17.6 Å². The summed E-state index contributed by atoms with van der Waals surface area (Å²) >= 11 is 0. The van der Waals surface area contributed by atoms with Crippen LogP contribution in [0.3, 0.4) is 0 Å².